The molecule has 2 atom stereocenters. The van der Waals surface area contributed by atoms with Crippen LogP contribution in [0.15, 0.2) is 48.5 Å². The third-order valence-corrected chi connectivity index (χ3v) is 6.39. The Labute approximate surface area is 206 Å². The van der Waals surface area contributed by atoms with Gasteiger partial charge in [-0.15, -0.1) is 0 Å². The van der Waals surface area contributed by atoms with E-state index in [-0.39, 0.29) is 25.4 Å². The van der Waals surface area contributed by atoms with E-state index in [2.05, 4.69) is 22.8 Å². The number of carboxylic acids is 1. The Balaban J connectivity index is 1.71. The molecule has 0 spiro atoms. The van der Waals surface area contributed by atoms with Crippen LogP contribution in [-0.2, 0) is 19.1 Å². The number of carbonyl (C=O) groups is 3. The number of amides is 2. The molecule has 188 valence electrons. The van der Waals surface area contributed by atoms with Gasteiger partial charge in [0.1, 0.15) is 18.7 Å². The molecule has 0 saturated heterocycles. The van der Waals surface area contributed by atoms with E-state index in [0.717, 1.165) is 22.3 Å². The maximum absolute atomic E-state index is 12.9. The van der Waals surface area contributed by atoms with Gasteiger partial charge >= 0.3 is 12.1 Å². The third-order valence-electron chi connectivity index (χ3n) is 6.39. The van der Waals surface area contributed by atoms with E-state index in [1.54, 1.807) is 13.8 Å². The number of rotatable bonds is 11. The van der Waals surface area contributed by atoms with Gasteiger partial charge in [0.15, 0.2) is 0 Å². The molecule has 1 aliphatic carbocycles. The summed E-state index contributed by atoms with van der Waals surface area (Å²) in [6.07, 6.45) is 0.261. The van der Waals surface area contributed by atoms with Gasteiger partial charge < -0.3 is 25.2 Å². The molecule has 8 nitrogen and oxygen atoms in total. The van der Waals surface area contributed by atoms with Crippen molar-refractivity contribution in [2.45, 2.75) is 63.6 Å². The third kappa shape index (κ3) is 6.39. The predicted octanol–water partition coefficient (Wildman–Crippen LogP) is 4.08. The van der Waals surface area contributed by atoms with Gasteiger partial charge in [0, 0.05) is 19.4 Å². The quantitative estimate of drug-likeness (QED) is 0.445. The Morgan fingerprint density at radius 3 is 2.06 bits per heavy atom. The Morgan fingerprint density at radius 1 is 0.971 bits per heavy atom. The van der Waals surface area contributed by atoms with Crippen LogP contribution in [0.2, 0.25) is 0 Å². The number of ether oxygens (including phenoxy) is 2. The molecular weight excluding hydrogens is 448 g/mol. The summed E-state index contributed by atoms with van der Waals surface area (Å²) in [5.41, 5.74) is 3.67. The van der Waals surface area contributed by atoms with Crippen LogP contribution in [0.4, 0.5) is 4.79 Å². The molecule has 8 heteroatoms. The first kappa shape index (κ1) is 26.2. The van der Waals surface area contributed by atoms with Crippen molar-refractivity contribution < 1.29 is 29.0 Å². The van der Waals surface area contributed by atoms with E-state index in [4.69, 9.17) is 9.47 Å². The highest BCUT2D eigenvalue weighted by Crippen LogP contribution is 2.44. The highest BCUT2D eigenvalue weighted by molar-refractivity contribution is 5.89. The lowest BCUT2D eigenvalue weighted by Crippen LogP contribution is -2.54. The van der Waals surface area contributed by atoms with Gasteiger partial charge in [0.25, 0.3) is 0 Å². The molecule has 1 unspecified atom stereocenters. The van der Waals surface area contributed by atoms with Crippen LogP contribution < -0.4 is 10.6 Å². The monoisotopic (exact) mass is 482 g/mol. The zero-order chi connectivity index (χ0) is 25.6. The van der Waals surface area contributed by atoms with Crippen LogP contribution in [0.5, 0.6) is 0 Å². The molecule has 0 aliphatic heterocycles. The van der Waals surface area contributed by atoms with E-state index in [9.17, 15) is 19.5 Å². The van der Waals surface area contributed by atoms with Gasteiger partial charge in [0.05, 0.1) is 5.60 Å². The molecule has 0 radical (unpaired) electrons. The van der Waals surface area contributed by atoms with E-state index in [1.807, 2.05) is 43.3 Å². The topological polar surface area (TPSA) is 114 Å². The first-order valence-corrected chi connectivity index (χ1v) is 11.9. The van der Waals surface area contributed by atoms with Crippen molar-refractivity contribution in [3.8, 4) is 11.1 Å². The van der Waals surface area contributed by atoms with Crippen LogP contribution in [0.25, 0.3) is 11.1 Å². The fourth-order valence-corrected chi connectivity index (χ4v) is 4.38. The van der Waals surface area contributed by atoms with Crippen molar-refractivity contribution in [3.05, 3.63) is 59.7 Å². The van der Waals surface area contributed by atoms with E-state index >= 15 is 0 Å². The van der Waals surface area contributed by atoms with Crippen molar-refractivity contribution in [3.63, 3.8) is 0 Å². The van der Waals surface area contributed by atoms with Crippen molar-refractivity contribution in [2.24, 2.45) is 0 Å². The minimum atomic E-state index is -1.12. The number of hydrogen-bond acceptors (Lipinski definition) is 5. The molecule has 1 aliphatic rings. The van der Waals surface area contributed by atoms with Gasteiger partial charge in [-0.2, -0.15) is 0 Å². The van der Waals surface area contributed by atoms with Gasteiger partial charge in [-0.05, 0) is 42.5 Å². The number of hydrogen-bond donors (Lipinski definition) is 3. The average Bonchev–Trinajstić information content (AvgIpc) is 3.15. The Kier molecular flexibility index (Phi) is 8.51. The first-order valence-electron chi connectivity index (χ1n) is 11.9. The van der Waals surface area contributed by atoms with Crippen molar-refractivity contribution in [1.29, 1.82) is 0 Å². The lowest BCUT2D eigenvalue weighted by atomic mass is 9.97. The summed E-state index contributed by atoms with van der Waals surface area (Å²) in [5.74, 6) is -1.83. The molecule has 2 amide bonds. The summed E-state index contributed by atoms with van der Waals surface area (Å²) in [6.45, 7) is 5.51. The number of benzene rings is 2. The minimum Gasteiger partial charge on any atom is -0.480 e. The fourth-order valence-electron chi connectivity index (χ4n) is 4.38. The van der Waals surface area contributed by atoms with Crippen LogP contribution >= 0.6 is 0 Å². The van der Waals surface area contributed by atoms with Gasteiger partial charge in [-0.3, -0.25) is 4.79 Å². The Hall–Kier alpha value is -3.39. The van der Waals surface area contributed by atoms with Crippen LogP contribution in [-0.4, -0.2) is 54.5 Å². The molecule has 2 aromatic rings. The maximum Gasteiger partial charge on any atom is 0.407 e. The smallest absolute Gasteiger partial charge is 0.407 e. The molecule has 3 N–H and O–H groups in total. The number of carbonyl (C=O) groups excluding carboxylic acids is 2. The summed E-state index contributed by atoms with van der Waals surface area (Å²) in [4.78, 5) is 37.2. The maximum atomic E-state index is 12.9. The van der Waals surface area contributed by atoms with E-state index in [0.29, 0.717) is 6.42 Å². The zero-order valence-electron chi connectivity index (χ0n) is 20.7. The molecule has 35 heavy (non-hydrogen) atoms. The standard InChI is InChI=1S/C27H34N2O6/c1-5-10-22(25(31)32)28-24(30)23(15-27(2,3)34-4)29-26(33)35-16-21-19-13-8-6-11-17(19)18-12-7-9-14-20(18)21/h6-9,11-14,21-23H,5,10,15-16H2,1-4H3,(H,28,30)(H,29,33)(H,31,32)/t22-,23?/m1/s1. The predicted molar refractivity (Wildman–Crippen MR) is 132 cm³/mol. The molecule has 3 rings (SSSR count). The molecule has 2 aromatic carbocycles. The summed E-state index contributed by atoms with van der Waals surface area (Å²) in [7, 11) is 1.51. The SMILES string of the molecule is CCC[C@@H](NC(=O)C(CC(C)(C)OC)NC(=O)OCC1c2ccccc2-c2ccccc21)C(=O)O. The lowest BCUT2D eigenvalue weighted by molar-refractivity contribution is -0.142. The minimum absolute atomic E-state index is 0.107. The van der Waals surface area contributed by atoms with Crippen molar-refractivity contribution >= 4 is 18.0 Å². The largest absolute Gasteiger partial charge is 0.480 e. The van der Waals surface area contributed by atoms with Gasteiger partial charge in [-0.25, -0.2) is 9.59 Å². The number of fused-ring (bicyclic) bond motifs is 3. The Morgan fingerprint density at radius 2 is 1.54 bits per heavy atom. The Bertz CT molecular complexity index is 1020. The number of nitrogens with one attached hydrogen (secondary N) is 2. The summed E-state index contributed by atoms with van der Waals surface area (Å²) in [6, 6.07) is 14.0. The van der Waals surface area contributed by atoms with Crippen molar-refractivity contribution in [1.82, 2.24) is 10.6 Å². The van der Waals surface area contributed by atoms with E-state index < -0.39 is 35.7 Å². The second kappa shape index (κ2) is 11.4. The van der Waals surface area contributed by atoms with E-state index in [1.165, 1.54) is 7.11 Å². The second-order valence-corrected chi connectivity index (χ2v) is 9.38. The normalized spacial score (nSPS) is 14.4. The van der Waals surface area contributed by atoms with Crippen molar-refractivity contribution in [2.75, 3.05) is 13.7 Å². The summed E-state index contributed by atoms with van der Waals surface area (Å²) in [5, 5.41) is 14.6. The number of carboxylic acid groups (broad SMARTS) is 1. The average molecular weight is 483 g/mol. The molecule has 0 heterocycles. The summed E-state index contributed by atoms with van der Waals surface area (Å²) >= 11 is 0. The lowest BCUT2D eigenvalue weighted by Gasteiger charge is -2.29. The molecular formula is C27H34N2O6. The molecule has 0 bridgehead atoms. The van der Waals surface area contributed by atoms with Gasteiger partial charge in [-0.1, -0.05) is 61.9 Å². The first-order chi connectivity index (χ1) is 16.7. The van der Waals surface area contributed by atoms with Gasteiger partial charge in [0.2, 0.25) is 5.91 Å². The molecule has 0 fully saturated rings. The fraction of sp³-hybridized carbons (Fsp3) is 0.444. The summed E-state index contributed by atoms with van der Waals surface area (Å²) < 4.78 is 11.0. The van der Waals surface area contributed by atoms with Crippen LogP contribution in [0.3, 0.4) is 0 Å². The second-order valence-electron chi connectivity index (χ2n) is 9.38. The zero-order valence-corrected chi connectivity index (χ0v) is 20.7. The number of methoxy groups -OCH3 is 1. The highest BCUT2D eigenvalue weighted by Gasteiger charge is 2.33. The molecule has 0 aromatic heterocycles. The van der Waals surface area contributed by atoms with Crippen LogP contribution in [0, 0.1) is 0 Å². The highest BCUT2D eigenvalue weighted by atomic mass is 16.5. The number of alkyl carbamates (subject to hydrolysis) is 1. The van der Waals surface area contributed by atoms with Crippen LogP contribution in [0.1, 0.15) is 57.1 Å². The molecule has 0 saturated carbocycles. The number of aliphatic carboxylic acids is 1.